The molecule has 0 heterocycles. The van der Waals surface area contributed by atoms with Gasteiger partial charge in [0.2, 0.25) is 5.91 Å². The van der Waals surface area contributed by atoms with Crippen molar-refractivity contribution in [2.45, 2.75) is 32.4 Å². The zero-order valence-corrected chi connectivity index (χ0v) is 12.3. The molecule has 1 rings (SSSR count). The summed E-state index contributed by atoms with van der Waals surface area (Å²) in [6, 6.07) is 10.5. The molecular weight excluding hydrogens is 236 g/mol. The predicted molar refractivity (Wildman–Crippen MR) is 79.9 cm³/mol. The predicted octanol–water partition coefficient (Wildman–Crippen LogP) is 2.76. The Balaban J connectivity index is 2.96. The van der Waals surface area contributed by atoms with Crippen LogP contribution in [0.2, 0.25) is 0 Å². The first-order valence-electron chi connectivity index (χ1n) is 6.65. The van der Waals surface area contributed by atoms with Crippen LogP contribution in [0.4, 0.5) is 0 Å². The third-order valence-electron chi connectivity index (χ3n) is 3.22. The summed E-state index contributed by atoms with van der Waals surface area (Å²) in [5.41, 5.74) is 1.75. The van der Waals surface area contributed by atoms with E-state index in [2.05, 4.69) is 35.9 Å². The smallest absolute Gasteiger partial charge is 0.246 e. The van der Waals surface area contributed by atoms with Crippen molar-refractivity contribution in [3.8, 4) is 0 Å². The minimum atomic E-state index is -0.0744. The van der Waals surface area contributed by atoms with E-state index in [9.17, 15) is 4.79 Å². The second kappa shape index (κ2) is 7.10. The van der Waals surface area contributed by atoms with Gasteiger partial charge in [-0.25, -0.2) is 0 Å². The SMILES string of the molecule is C=C(C)C(=O)NC(CC)C(c1ccccc1)N(C)C. The van der Waals surface area contributed by atoms with Gasteiger partial charge >= 0.3 is 0 Å². The molecule has 0 saturated carbocycles. The molecule has 0 aromatic heterocycles. The van der Waals surface area contributed by atoms with E-state index in [1.165, 1.54) is 5.56 Å². The van der Waals surface area contributed by atoms with Crippen molar-refractivity contribution < 1.29 is 4.79 Å². The van der Waals surface area contributed by atoms with Crippen LogP contribution in [0, 0.1) is 0 Å². The Hall–Kier alpha value is -1.61. The van der Waals surface area contributed by atoms with E-state index in [4.69, 9.17) is 0 Å². The Morgan fingerprint density at radius 3 is 2.32 bits per heavy atom. The van der Waals surface area contributed by atoms with Crippen molar-refractivity contribution in [1.82, 2.24) is 10.2 Å². The molecule has 0 fully saturated rings. The highest BCUT2D eigenvalue weighted by Crippen LogP contribution is 2.24. The van der Waals surface area contributed by atoms with Crippen molar-refractivity contribution in [3.05, 3.63) is 48.0 Å². The summed E-state index contributed by atoms with van der Waals surface area (Å²) in [7, 11) is 4.07. The molecule has 3 nitrogen and oxygen atoms in total. The maximum Gasteiger partial charge on any atom is 0.246 e. The highest BCUT2D eigenvalue weighted by atomic mass is 16.1. The minimum Gasteiger partial charge on any atom is -0.348 e. The fraction of sp³-hybridized carbons (Fsp3) is 0.438. The molecule has 0 radical (unpaired) electrons. The number of likely N-dealkylation sites (N-methyl/N-ethyl adjacent to an activating group) is 1. The summed E-state index contributed by atoms with van der Waals surface area (Å²) < 4.78 is 0. The molecular formula is C16H24N2O. The minimum absolute atomic E-state index is 0.0709. The number of carbonyl (C=O) groups is 1. The van der Waals surface area contributed by atoms with Gasteiger partial charge in [-0.15, -0.1) is 0 Å². The first-order chi connectivity index (χ1) is 8.97. The lowest BCUT2D eigenvalue weighted by Gasteiger charge is -2.33. The number of hydrogen-bond acceptors (Lipinski definition) is 2. The van der Waals surface area contributed by atoms with E-state index in [-0.39, 0.29) is 18.0 Å². The molecule has 0 saturated heterocycles. The molecule has 1 aromatic carbocycles. The van der Waals surface area contributed by atoms with Crippen molar-refractivity contribution >= 4 is 5.91 Å². The number of nitrogens with one attached hydrogen (secondary N) is 1. The molecule has 0 aliphatic rings. The Morgan fingerprint density at radius 2 is 1.89 bits per heavy atom. The number of hydrogen-bond donors (Lipinski definition) is 1. The fourth-order valence-corrected chi connectivity index (χ4v) is 2.24. The maximum atomic E-state index is 11.8. The van der Waals surface area contributed by atoms with Gasteiger partial charge in [0.1, 0.15) is 0 Å². The lowest BCUT2D eigenvalue weighted by atomic mass is 9.96. The van der Waals surface area contributed by atoms with Gasteiger partial charge in [-0.05, 0) is 33.0 Å². The summed E-state index contributed by atoms with van der Waals surface area (Å²) >= 11 is 0. The third-order valence-corrected chi connectivity index (χ3v) is 3.22. The summed E-state index contributed by atoms with van der Waals surface area (Å²) in [6.07, 6.45) is 0.872. The first-order valence-corrected chi connectivity index (χ1v) is 6.65. The van der Waals surface area contributed by atoms with Gasteiger partial charge in [-0.1, -0.05) is 43.8 Å². The normalized spacial score (nSPS) is 13.9. The molecule has 1 aromatic rings. The van der Waals surface area contributed by atoms with Gasteiger partial charge in [0.25, 0.3) is 0 Å². The molecule has 2 unspecified atom stereocenters. The highest BCUT2D eigenvalue weighted by molar-refractivity contribution is 5.92. The van der Waals surface area contributed by atoms with E-state index in [1.54, 1.807) is 6.92 Å². The van der Waals surface area contributed by atoms with Gasteiger partial charge in [-0.2, -0.15) is 0 Å². The zero-order valence-electron chi connectivity index (χ0n) is 12.3. The van der Waals surface area contributed by atoms with Crippen LogP contribution in [0.5, 0.6) is 0 Å². The van der Waals surface area contributed by atoms with Crippen LogP contribution in [0.3, 0.4) is 0 Å². The molecule has 1 amide bonds. The molecule has 0 aliphatic heterocycles. The van der Waals surface area contributed by atoms with Crippen molar-refractivity contribution in [2.75, 3.05) is 14.1 Å². The van der Waals surface area contributed by atoms with E-state index in [0.717, 1.165) is 6.42 Å². The lowest BCUT2D eigenvalue weighted by molar-refractivity contribution is -0.118. The summed E-state index contributed by atoms with van der Waals surface area (Å²) in [6.45, 7) is 7.51. The number of benzene rings is 1. The van der Waals surface area contributed by atoms with Gasteiger partial charge in [-0.3, -0.25) is 4.79 Å². The third kappa shape index (κ3) is 4.21. The van der Waals surface area contributed by atoms with Crippen LogP contribution >= 0.6 is 0 Å². The molecule has 0 spiro atoms. The average molecular weight is 260 g/mol. The van der Waals surface area contributed by atoms with Crippen molar-refractivity contribution in [2.24, 2.45) is 0 Å². The number of carbonyl (C=O) groups excluding carboxylic acids is 1. The number of rotatable bonds is 6. The average Bonchev–Trinajstić information content (AvgIpc) is 2.38. The highest BCUT2D eigenvalue weighted by Gasteiger charge is 2.25. The van der Waals surface area contributed by atoms with Crippen LogP contribution in [0.1, 0.15) is 31.9 Å². The Kier molecular flexibility index (Phi) is 5.77. The quantitative estimate of drug-likeness (QED) is 0.798. The van der Waals surface area contributed by atoms with E-state index >= 15 is 0 Å². The van der Waals surface area contributed by atoms with Crippen molar-refractivity contribution in [3.63, 3.8) is 0 Å². The molecule has 104 valence electrons. The van der Waals surface area contributed by atoms with Crippen molar-refractivity contribution in [1.29, 1.82) is 0 Å². The van der Waals surface area contributed by atoms with Gasteiger partial charge < -0.3 is 10.2 Å². The lowest BCUT2D eigenvalue weighted by Crippen LogP contribution is -2.44. The van der Waals surface area contributed by atoms with Crippen LogP contribution < -0.4 is 5.32 Å². The van der Waals surface area contributed by atoms with Gasteiger partial charge in [0.05, 0.1) is 6.04 Å². The number of nitrogens with zero attached hydrogens (tertiary/aromatic N) is 1. The Morgan fingerprint density at radius 1 is 1.32 bits per heavy atom. The Labute approximate surface area is 116 Å². The molecule has 2 atom stereocenters. The molecule has 1 N–H and O–H groups in total. The maximum absolute atomic E-state index is 11.8. The van der Waals surface area contributed by atoms with Crippen LogP contribution in [0.15, 0.2) is 42.5 Å². The topological polar surface area (TPSA) is 32.3 Å². The number of amides is 1. The second-order valence-electron chi connectivity index (χ2n) is 5.09. The zero-order chi connectivity index (χ0) is 14.4. The van der Waals surface area contributed by atoms with Crippen LogP contribution in [0.25, 0.3) is 0 Å². The van der Waals surface area contributed by atoms with E-state index < -0.39 is 0 Å². The molecule has 3 heteroatoms. The molecule has 0 bridgehead atoms. The standard InChI is InChI=1S/C16H24N2O/c1-6-14(17-16(19)12(2)3)15(18(4)5)13-10-8-7-9-11-13/h7-11,14-15H,2,6H2,1,3-5H3,(H,17,19). The summed E-state index contributed by atoms with van der Waals surface area (Å²) in [4.78, 5) is 14.0. The summed E-state index contributed by atoms with van der Waals surface area (Å²) in [5.74, 6) is -0.0744. The molecule has 19 heavy (non-hydrogen) atoms. The van der Waals surface area contributed by atoms with Crippen LogP contribution in [-0.2, 0) is 4.79 Å². The second-order valence-corrected chi connectivity index (χ2v) is 5.09. The van der Waals surface area contributed by atoms with Crippen LogP contribution in [-0.4, -0.2) is 30.9 Å². The monoisotopic (exact) mass is 260 g/mol. The van der Waals surface area contributed by atoms with E-state index in [1.807, 2.05) is 32.3 Å². The molecule has 0 aliphatic carbocycles. The fourth-order valence-electron chi connectivity index (χ4n) is 2.24. The van der Waals surface area contributed by atoms with Gasteiger partial charge in [0, 0.05) is 11.6 Å². The first kappa shape index (κ1) is 15.4. The largest absolute Gasteiger partial charge is 0.348 e. The summed E-state index contributed by atoms with van der Waals surface area (Å²) in [5, 5.41) is 3.07. The Bertz CT molecular complexity index is 426. The van der Waals surface area contributed by atoms with E-state index in [0.29, 0.717) is 5.57 Å². The van der Waals surface area contributed by atoms with Gasteiger partial charge in [0.15, 0.2) is 0 Å².